The van der Waals surface area contributed by atoms with Crippen molar-refractivity contribution in [2.24, 2.45) is 0 Å². The highest BCUT2D eigenvalue weighted by molar-refractivity contribution is 5.79. The number of hydrogen-bond donors (Lipinski definition) is 1. The Morgan fingerprint density at radius 3 is 2.11 bits per heavy atom. The highest BCUT2D eigenvalue weighted by Crippen LogP contribution is 2.44. The fourth-order valence-electron chi connectivity index (χ4n) is 4.42. The number of fused-ring (bicyclic) bond motifs is 3. The smallest absolute Gasteiger partial charge is 0.407 e. The standard InChI is InChI=1S/C32H27NO3/c34-32(36-23-31-29-15-6-4-13-27(29)28-14-5-7-16-30(28)31)33-21-9-8-10-24-17-19-26(20-18-24)35-22-25-11-2-1-3-12-25/h1-7,11-20,31H,9,21-23H2,(H,33,34). The van der Waals surface area contributed by atoms with Crippen LogP contribution < -0.4 is 10.1 Å². The van der Waals surface area contributed by atoms with Crippen LogP contribution in [0.3, 0.4) is 0 Å². The second kappa shape index (κ2) is 11.3. The molecule has 0 aliphatic heterocycles. The molecule has 5 rings (SSSR count). The summed E-state index contributed by atoms with van der Waals surface area (Å²) in [4.78, 5) is 12.3. The number of hydrogen-bond acceptors (Lipinski definition) is 3. The lowest BCUT2D eigenvalue weighted by molar-refractivity contribution is 0.143. The van der Waals surface area contributed by atoms with Gasteiger partial charge in [-0.1, -0.05) is 90.7 Å². The molecule has 0 saturated carbocycles. The van der Waals surface area contributed by atoms with E-state index in [-0.39, 0.29) is 5.92 Å². The Balaban J connectivity index is 1.05. The van der Waals surface area contributed by atoms with Gasteiger partial charge in [-0.25, -0.2) is 4.79 Å². The predicted molar refractivity (Wildman–Crippen MR) is 142 cm³/mol. The molecule has 0 unspecified atom stereocenters. The molecule has 0 radical (unpaired) electrons. The number of rotatable bonds is 7. The summed E-state index contributed by atoms with van der Waals surface area (Å²) in [6.07, 6.45) is 0.120. The Labute approximate surface area is 211 Å². The van der Waals surface area contributed by atoms with Crippen LogP contribution in [-0.2, 0) is 11.3 Å². The summed E-state index contributed by atoms with van der Waals surface area (Å²) in [5.74, 6) is 7.08. The van der Waals surface area contributed by atoms with Gasteiger partial charge in [0.05, 0.1) is 0 Å². The van der Waals surface area contributed by atoms with Gasteiger partial charge in [-0.15, -0.1) is 0 Å². The van der Waals surface area contributed by atoms with Crippen LogP contribution in [0.25, 0.3) is 11.1 Å². The van der Waals surface area contributed by atoms with Crippen molar-refractivity contribution in [3.8, 4) is 28.7 Å². The number of benzene rings is 4. The largest absolute Gasteiger partial charge is 0.489 e. The summed E-state index contributed by atoms with van der Waals surface area (Å²) in [7, 11) is 0. The Morgan fingerprint density at radius 1 is 0.778 bits per heavy atom. The van der Waals surface area contributed by atoms with Crippen molar-refractivity contribution >= 4 is 6.09 Å². The number of carbonyl (C=O) groups is 1. The molecule has 0 atom stereocenters. The van der Waals surface area contributed by atoms with Gasteiger partial charge in [0.1, 0.15) is 19.0 Å². The fourth-order valence-corrected chi connectivity index (χ4v) is 4.42. The van der Waals surface area contributed by atoms with Crippen molar-refractivity contribution in [1.82, 2.24) is 5.32 Å². The van der Waals surface area contributed by atoms with Crippen LogP contribution in [0, 0.1) is 11.8 Å². The zero-order valence-corrected chi connectivity index (χ0v) is 19.9. The third-order valence-electron chi connectivity index (χ3n) is 6.20. The lowest BCUT2D eigenvalue weighted by Crippen LogP contribution is -2.26. The van der Waals surface area contributed by atoms with E-state index in [4.69, 9.17) is 9.47 Å². The van der Waals surface area contributed by atoms with E-state index in [1.807, 2.05) is 78.9 Å². The number of carbonyl (C=O) groups excluding carboxylic acids is 1. The Bertz CT molecular complexity index is 1340. The highest BCUT2D eigenvalue weighted by Gasteiger charge is 2.28. The van der Waals surface area contributed by atoms with Gasteiger partial charge in [-0.05, 0) is 52.1 Å². The third kappa shape index (κ3) is 5.59. The van der Waals surface area contributed by atoms with Crippen LogP contribution in [0.4, 0.5) is 4.79 Å². The molecule has 0 fully saturated rings. The minimum absolute atomic E-state index is 0.0579. The predicted octanol–water partition coefficient (Wildman–Crippen LogP) is 6.55. The SMILES string of the molecule is O=C(NCCC#Cc1ccc(OCc2ccccc2)cc1)OCC1c2ccccc2-c2ccccc21. The molecule has 0 heterocycles. The van der Waals surface area contributed by atoms with Crippen molar-refractivity contribution in [2.45, 2.75) is 18.9 Å². The molecule has 0 bridgehead atoms. The maximum atomic E-state index is 12.3. The zero-order chi connectivity index (χ0) is 24.6. The van der Waals surface area contributed by atoms with Gasteiger partial charge < -0.3 is 14.8 Å². The zero-order valence-electron chi connectivity index (χ0n) is 19.9. The summed E-state index contributed by atoms with van der Waals surface area (Å²) in [6, 6.07) is 34.4. The minimum atomic E-state index is -0.418. The number of ether oxygens (including phenoxy) is 2. The second-order valence-corrected chi connectivity index (χ2v) is 8.60. The molecule has 0 spiro atoms. The van der Waals surface area contributed by atoms with Crippen LogP contribution >= 0.6 is 0 Å². The van der Waals surface area contributed by atoms with Gasteiger partial charge in [0, 0.05) is 24.4 Å². The molecule has 0 saturated heterocycles. The first-order valence-electron chi connectivity index (χ1n) is 12.1. The summed E-state index contributed by atoms with van der Waals surface area (Å²) in [5, 5.41) is 2.80. The first-order valence-corrected chi connectivity index (χ1v) is 12.1. The van der Waals surface area contributed by atoms with E-state index in [1.54, 1.807) is 0 Å². The normalized spacial score (nSPS) is 11.6. The number of amides is 1. The lowest BCUT2D eigenvalue weighted by Gasteiger charge is -2.14. The van der Waals surface area contributed by atoms with Crippen molar-refractivity contribution in [1.29, 1.82) is 0 Å². The summed E-state index contributed by atoms with van der Waals surface area (Å²) >= 11 is 0. The van der Waals surface area contributed by atoms with Crippen LogP contribution in [0.2, 0.25) is 0 Å². The van der Waals surface area contributed by atoms with Crippen LogP contribution in [-0.4, -0.2) is 19.2 Å². The first-order chi connectivity index (χ1) is 17.8. The molecule has 4 heteroatoms. The Kier molecular flexibility index (Phi) is 7.30. The van der Waals surface area contributed by atoms with E-state index in [1.165, 1.54) is 22.3 Å². The lowest BCUT2D eigenvalue weighted by atomic mass is 9.98. The highest BCUT2D eigenvalue weighted by atomic mass is 16.5. The van der Waals surface area contributed by atoms with Crippen molar-refractivity contribution in [3.63, 3.8) is 0 Å². The van der Waals surface area contributed by atoms with Crippen LogP contribution in [0.5, 0.6) is 5.75 Å². The van der Waals surface area contributed by atoms with E-state index in [9.17, 15) is 4.79 Å². The van der Waals surface area contributed by atoms with E-state index < -0.39 is 6.09 Å². The average molecular weight is 474 g/mol. The van der Waals surface area contributed by atoms with Gasteiger partial charge in [0.15, 0.2) is 0 Å². The molecule has 1 aliphatic rings. The number of nitrogens with one attached hydrogen (secondary N) is 1. The maximum absolute atomic E-state index is 12.3. The van der Waals surface area contributed by atoms with Gasteiger partial charge in [0.25, 0.3) is 0 Å². The minimum Gasteiger partial charge on any atom is -0.489 e. The molecule has 4 aromatic rings. The van der Waals surface area contributed by atoms with Gasteiger partial charge >= 0.3 is 6.09 Å². The topological polar surface area (TPSA) is 47.6 Å². The first kappa shape index (κ1) is 23.3. The van der Waals surface area contributed by atoms with Crippen LogP contribution in [0.1, 0.15) is 34.6 Å². The third-order valence-corrected chi connectivity index (χ3v) is 6.20. The molecule has 36 heavy (non-hydrogen) atoms. The average Bonchev–Trinajstić information content (AvgIpc) is 3.25. The summed E-state index contributed by atoms with van der Waals surface area (Å²) < 4.78 is 11.4. The second-order valence-electron chi connectivity index (χ2n) is 8.60. The molecule has 4 nitrogen and oxygen atoms in total. The fraction of sp³-hybridized carbons (Fsp3) is 0.156. The maximum Gasteiger partial charge on any atom is 0.407 e. The van der Waals surface area contributed by atoms with E-state index in [2.05, 4.69) is 41.4 Å². The number of alkyl carbamates (subject to hydrolysis) is 1. The van der Waals surface area contributed by atoms with E-state index >= 15 is 0 Å². The van der Waals surface area contributed by atoms with Crippen molar-refractivity contribution in [2.75, 3.05) is 13.2 Å². The van der Waals surface area contributed by atoms with Gasteiger partial charge in [-0.2, -0.15) is 0 Å². The molecule has 1 aliphatic carbocycles. The van der Waals surface area contributed by atoms with Crippen molar-refractivity contribution in [3.05, 3.63) is 125 Å². The van der Waals surface area contributed by atoms with E-state index in [0.717, 1.165) is 16.9 Å². The van der Waals surface area contributed by atoms with Crippen LogP contribution in [0.15, 0.2) is 103 Å². The molecular weight excluding hydrogens is 446 g/mol. The van der Waals surface area contributed by atoms with Crippen molar-refractivity contribution < 1.29 is 14.3 Å². The molecule has 4 aromatic carbocycles. The quantitative estimate of drug-likeness (QED) is 0.245. The molecule has 0 aromatic heterocycles. The molecular formula is C32H27NO3. The Hall–Kier alpha value is -4.49. The van der Waals surface area contributed by atoms with E-state index in [0.29, 0.717) is 26.2 Å². The molecule has 1 amide bonds. The monoisotopic (exact) mass is 473 g/mol. The molecule has 178 valence electrons. The van der Waals surface area contributed by atoms with Gasteiger partial charge in [0.2, 0.25) is 0 Å². The summed E-state index contributed by atoms with van der Waals surface area (Å²) in [5.41, 5.74) is 6.87. The Morgan fingerprint density at radius 2 is 1.42 bits per heavy atom. The van der Waals surface area contributed by atoms with Gasteiger partial charge in [-0.3, -0.25) is 0 Å². The molecule has 1 N–H and O–H groups in total. The summed E-state index contributed by atoms with van der Waals surface area (Å²) in [6.45, 7) is 1.28.